The number of nitrogens with one attached hydrogen (secondary N) is 1. The summed E-state index contributed by atoms with van der Waals surface area (Å²) in [6.07, 6.45) is 0. The zero-order valence-electron chi connectivity index (χ0n) is 13.7. The van der Waals surface area contributed by atoms with E-state index >= 15 is 0 Å². The molecule has 4 rings (SSSR count). The number of pyridine rings is 1. The molecule has 26 heavy (non-hydrogen) atoms. The van der Waals surface area contributed by atoms with Crippen LogP contribution in [0.5, 0.6) is 0 Å². The predicted molar refractivity (Wildman–Crippen MR) is 99.5 cm³/mol. The third kappa shape index (κ3) is 2.46. The summed E-state index contributed by atoms with van der Waals surface area (Å²) in [4.78, 5) is 25.4. The Morgan fingerprint density at radius 1 is 1.04 bits per heavy atom. The van der Waals surface area contributed by atoms with Crippen LogP contribution >= 0.6 is 11.6 Å². The molecule has 2 aromatic heterocycles. The molecule has 0 atom stereocenters. The number of hydrogen-bond acceptors (Lipinski definition) is 2. The van der Waals surface area contributed by atoms with Gasteiger partial charge in [0, 0.05) is 18.7 Å². The van der Waals surface area contributed by atoms with Crippen molar-refractivity contribution in [2.75, 3.05) is 0 Å². The van der Waals surface area contributed by atoms with Gasteiger partial charge in [0.2, 0.25) is 0 Å². The lowest BCUT2D eigenvalue weighted by Crippen LogP contribution is -2.20. The van der Waals surface area contributed by atoms with Crippen LogP contribution in [0.15, 0.2) is 64.2 Å². The van der Waals surface area contributed by atoms with E-state index in [-0.39, 0.29) is 16.5 Å². The largest absolute Gasteiger partial charge is 0.310 e. The molecular formula is C19H13ClFN3O2. The minimum Gasteiger partial charge on any atom is -0.310 e. The Morgan fingerprint density at radius 3 is 2.54 bits per heavy atom. The summed E-state index contributed by atoms with van der Waals surface area (Å²) in [6.45, 7) is 0. The van der Waals surface area contributed by atoms with E-state index in [4.69, 9.17) is 11.6 Å². The molecule has 0 aliphatic heterocycles. The maximum atomic E-state index is 13.7. The molecule has 7 heteroatoms. The molecule has 0 unspecified atom stereocenters. The second-order valence-electron chi connectivity index (χ2n) is 5.89. The SMILES string of the molecule is Cn1c(-c2cccc(F)c2)c2c(=O)n(-c3ccccc3Cl)[nH]c2cc1=O. The molecule has 5 nitrogen and oxygen atoms in total. The molecular weight excluding hydrogens is 357 g/mol. The lowest BCUT2D eigenvalue weighted by atomic mass is 10.1. The van der Waals surface area contributed by atoms with Crippen molar-refractivity contribution < 1.29 is 4.39 Å². The molecule has 0 amide bonds. The highest BCUT2D eigenvalue weighted by Crippen LogP contribution is 2.26. The van der Waals surface area contributed by atoms with Gasteiger partial charge in [-0.05, 0) is 24.3 Å². The Kier molecular flexibility index (Phi) is 3.77. The Hall–Kier alpha value is -3.12. The molecule has 0 saturated heterocycles. The molecule has 0 fully saturated rings. The highest BCUT2D eigenvalue weighted by Gasteiger charge is 2.18. The van der Waals surface area contributed by atoms with Gasteiger partial charge < -0.3 is 4.57 Å². The number of aromatic nitrogens is 3. The van der Waals surface area contributed by atoms with Crippen molar-refractivity contribution in [2.45, 2.75) is 0 Å². The summed E-state index contributed by atoms with van der Waals surface area (Å²) in [5.74, 6) is -0.450. The third-order valence-electron chi connectivity index (χ3n) is 4.28. The average Bonchev–Trinajstić information content (AvgIpc) is 2.92. The maximum absolute atomic E-state index is 13.7. The van der Waals surface area contributed by atoms with E-state index in [0.29, 0.717) is 27.5 Å². The Labute approximate surface area is 151 Å². The molecule has 1 N–H and O–H groups in total. The molecule has 4 aromatic rings. The van der Waals surface area contributed by atoms with Crippen LogP contribution < -0.4 is 11.1 Å². The number of para-hydroxylation sites is 1. The van der Waals surface area contributed by atoms with Gasteiger partial charge in [-0.1, -0.05) is 35.9 Å². The molecule has 2 heterocycles. The second-order valence-corrected chi connectivity index (χ2v) is 6.30. The highest BCUT2D eigenvalue weighted by atomic mass is 35.5. The van der Waals surface area contributed by atoms with E-state index in [2.05, 4.69) is 5.10 Å². The van der Waals surface area contributed by atoms with Crippen molar-refractivity contribution in [3.8, 4) is 16.9 Å². The third-order valence-corrected chi connectivity index (χ3v) is 4.60. The first kappa shape index (κ1) is 16.4. The number of hydrogen-bond donors (Lipinski definition) is 1. The second kappa shape index (κ2) is 6.00. The smallest absolute Gasteiger partial charge is 0.281 e. The maximum Gasteiger partial charge on any atom is 0.281 e. The fourth-order valence-corrected chi connectivity index (χ4v) is 3.28. The fraction of sp³-hybridized carbons (Fsp3) is 0.0526. The van der Waals surface area contributed by atoms with Gasteiger partial charge in [-0.3, -0.25) is 14.7 Å². The van der Waals surface area contributed by atoms with Gasteiger partial charge >= 0.3 is 0 Å². The number of halogens is 2. The van der Waals surface area contributed by atoms with Gasteiger partial charge in [0.15, 0.2) is 0 Å². The van der Waals surface area contributed by atoms with Crippen LogP contribution in [0.2, 0.25) is 5.02 Å². The zero-order chi connectivity index (χ0) is 18.4. The summed E-state index contributed by atoms with van der Waals surface area (Å²) in [5.41, 5.74) is 0.928. The first-order valence-corrected chi connectivity index (χ1v) is 8.21. The molecule has 0 aliphatic carbocycles. The number of aromatic amines is 1. The van der Waals surface area contributed by atoms with Crippen LogP contribution in [0.3, 0.4) is 0 Å². The molecule has 130 valence electrons. The van der Waals surface area contributed by atoms with Crippen molar-refractivity contribution in [1.29, 1.82) is 0 Å². The van der Waals surface area contributed by atoms with Crippen molar-refractivity contribution in [3.05, 3.63) is 86.1 Å². The van der Waals surface area contributed by atoms with Crippen LogP contribution in [0.1, 0.15) is 0 Å². The Balaban J connectivity index is 2.13. The lowest BCUT2D eigenvalue weighted by Gasteiger charge is -2.09. The van der Waals surface area contributed by atoms with Gasteiger partial charge in [0.25, 0.3) is 11.1 Å². The van der Waals surface area contributed by atoms with Gasteiger partial charge in [-0.2, -0.15) is 0 Å². The number of nitrogens with zero attached hydrogens (tertiary/aromatic N) is 2. The van der Waals surface area contributed by atoms with Crippen molar-refractivity contribution in [1.82, 2.24) is 14.3 Å². The molecule has 0 radical (unpaired) electrons. The van der Waals surface area contributed by atoms with E-state index in [1.807, 2.05) is 0 Å². The van der Waals surface area contributed by atoms with Crippen LogP contribution in [0.25, 0.3) is 27.8 Å². The summed E-state index contributed by atoms with van der Waals surface area (Å²) in [7, 11) is 1.55. The van der Waals surface area contributed by atoms with Gasteiger partial charge in [0.05, 0.1) is 27.3 Å². The van der Waals surface area contributed by atoms with Crippen LogP contribution in [-0.4, -0.2) is 14.3 Å². The molecule has 2 aromatic carbocycles. The van der Waals surface area contributed by atoms with Crippen molar-refractivity contribution in [3.63, 3.8) is 0 Å². The summed E-state index contributed by atoms with van der Waals surface area (Å²) in [5, 5.41) is 3.60. The number of benzene rings is 2. The monoisotopic (exact) mass is 369 g/mol. The van der Waals surface area contributed by atoms with Crippen LogP contribution in [0.4, 0.5) is 4.39 Å². The Morgan fingerprint density at radius 2 is 1.81 bits per heavy atom. The standard InChI is InChI=1S/C19H13ClFN3O2/c1-23-16(25)10-14-17(18(23)11-5-4-6-12(21)9-11)19(26)24(22-14)15-8-3-2-7-13(15)20/h2-10,22H,1H3. The highest BCUT2D eigenvalue weighted by molar-refractivity contribution is 6.32. The number of rotatable bonds is 2. The summed E-state index contributed by atoms with van der Waals surface area (Å²) >= 11 is 6.20. The molecule has 0 aliphatic rings. The quantitative estimate of drug-likeness (QED) is 0.588. The van der Waals surface area contributed by atoms with Crippen LogP contribution in [-0.2, 0) is 7.05 Å². The van der Waals surface area contributed by atoms with Crippen LogP contribution in [0, 0.1) is 5.82 Å². The van der Waals surface area contributed by atoms with Crippen molar-refractivity contribution >= 4 is 22.5 Å². The predicted octanol–water partition coefficient (Wildman–Crippen LogP) is 3.48. The minimum absolute atomic E-state index is 0.289. The summed E-state index contributed by atoms with van der Waals surface area (Å²) < 4.78 is 16.3. The van der Waals surface area contributed by atoms with Gasteiger partial charge in [-0.25, -0.2) is 9.07 Å². The number of fused-ring (bicyclic) bond motifs is 1. The summed E-state index contributed by atoms with van der Waals surface area (Å²) in [6, 6.07) is 14.0. The zero-order valence-corrected chi connectivity index (χ0v) is 14.4. The lowest BCUT2D eigenvalue weighted by molar-refractivity contribution is 0.628. The normalized spacial score (nSPS) is 11.2. The van der Waals surface area contributed by atoms with E-state index < -0.39 is 5.82 Å². The van der Waals surface area contributed by atoms with Crippen molar-refractivity contribution in [2.24, 2.45) is 7.05 Å². The van der Waals surface area contributed by atoms with Gasteiger partial charge in [0.1, 0.15) is 5.82 Å². The average molecular weight is 370 g/mol. The first-order chi connectivity index (χ1) is 12.5. The molecule has 0 saturated carbocycles. The number of H-pyrrole nitrogens is 1. The molecule has 0 spiro atoms. The van der Waals surface area contributed by atoms with E-state index in [9.17, 15) is 14.0 Å². The molecule has 0 bridgehead atoms. The van der Waals surface area contributed by atoms with Gasteiger partial charge in [-0.15, -0.1) is 0 Å². The minimum atomic E-state index is -0.450. The Bertz CT molecular complexity index is 1270. The fourth-order valence-electron chi connectivity index (χ4n) is 3.06. The van der Waals surface area contributed by atoms with E-state index in [0.717, 1.165) is 0 Å². The topological polar surface area (TPSA) is 59.8 Å². The first-order valence-electron chi connectivity index (χ1n) is 7.83. The van der Waals surface area contributed by atoms with E-state index in [1.165, 1.54) is 33.5 Å². The van der Waals surface area contributed by atoms with E-state index in [1.54, 1.807) is 37.4 Å².